The summed E-state index contributed by atoms with van der Waals surface area (Å²) < 4.78 is 5.50. The van der Waals surface area contributed by atoms with E-state index in [-0.39, 0.29) is 11.6 Å². The lowest BCUT2D eigenvalue weighted by Gasteiger charge is -2.05. The van der Waals surface area contributed by atoms with E-state index in [2.05, 4.69) is 20.7 Å². The van der Waals surface area contributed by atoms with Crippen LogP contribution < -0.4 is 10.2 Å². The second kappa shape index (κ2) is 7.56. The summed E-state index contributed by atoms with van der Waals surface area (Å²) in [6, 6.07) is 13.1. The zero-order valence-corrected chi connectivity index (χ0v) is 13.8. The number of hydrazone groups is 1. The van der Waals surface area contributed by atoms with Crippen molar-refractivity contribution < 1.29 is 9.53 Å². The molecule has 1 aromatic carbocycles. The number of ether oxygens (including phenoxy) is 1. The zero-order chi connectivity index (χ0) is 16.8. The van der Waals surface area contributed by atoms with Gasteiger partial charge in [0.25, 0.3) is 5.91 Å². The standard InChI is InChI=1S/C17H16N4O2S/c1-2-23-15-7-4-3-6-12(15)11-18-21-17(22)14-10-13(19-20-14)16-8-5-9-24-16/h3-11H,2H2,1H3,(H,19,20)(H,21,22)/b18-11-. The van der Waals surface area contributed by atoms with Crippen molar-refractivity contribution in [2.24, 2.45) is 5.10 Å². The van der Waals surface area contributed by atoms with Crippen LogP contribution in [0.4, 0.5) is 0 Å². The zero-order valence-electron chi connectivity index (χ0n) is 13.0. The van der Waals surface area contributed by atoms with Crippen LogP contribution in [0, 0.1) is 0 Å². The lowest BCUT2D eigenvalue weighted by atomic mass is 10.2. The van der Waals surface area contributed by atoms with Gasteiger partial charge >= 0.3 is 0 Å². The number of nitrogens with one attached hydrogen (secondary N) is 2. The van der Waals surface area contributed by atoms with Gasteiger partial charge in [-0.05, 0) is 36.6 Å². The van der Waals surface area contributed by atoms with Gasteiger partial charge in [0.1, 0.15) is 5.75 Å². The number of aromatic amines is 1. The van der Waals surface area contributed by atoms with Crippen LogP contribution >= 0.6 is 11.3 Å². The summed E-state index contributed by atoms with van der Waals surface area (Å²) in [4.78, 5) is 13.1. The van der Waals surface area contributed by atoms with Gasteiger partial charge in [0.05, 0.1) is 23.4 Å². The molecule has 0 saturated heterocycles. The molecule has 0 radical (unpaired) electrons. The van der Waals surface area contributed by atoms with Crippen molar-refractivity contribution in [3.05, 3.63) is 59.1 Å². The Hall–Kier alpha value is -2.93. The lowest BCUT2D eigenvalue weighted by molar-refractivity contribution is 0.0950. The molecule has 6 nitrogen and oxygen atoms in total. The predicted molar refractivity (Wildman–Crippen MR) is 94.6 cm³/mol. The Bertz CT molecular complexity index is 840. The summed E-state index contributed by atoms with van der Waals surface area (Å²) in [7, 11) is 0. The van der Waals surface area contributed by atoms with E-state index in [1.54, 1.807) is 23.6 Å². The number of H-pyrrole nitrogens is 1. The molecule has 3 aromatic rings. The molecule has 0 aliphatic heterocycles. The predicted octanol–water partition coefficient (Wildman–Crippen LogP) is 3.30. The minimum Gasteiger partial charge on any atom is -0.493 e. The number of benzene rings is 1. The molecule has 0 aliphatic rings. The van der Waals surface area contributed by atoms with Gasteiger partial charge in [-0.2, -0.15) is 10.2 Å². The minimum atomic E-state index is -0.376. The fraction of sp³-hybridized carbons (Fsp3) is 0.118. The third-order valence-electron chi connectivity index (χ3n) is 3.19. The van der Waals surface area contributed by atoms with Gasteiger partial charge in [0.15, 0.2) is 5.69 Å². The Balaban J connectivity index is 1.65. The molecular formula is C17H16N4O2S. The number of para-hydroxylation sites is 1. The second-order valence-electron chi connectivity index (χ2n) is 4.81. The van der Waals surface area contributed by atoms with Gasteiger partial charge in [-0.1, -0.05) is 18.2 Å². The van der Waals surface area contributed by atoms with Crippen LogP contribution in [-0.4, -0.2) is 28.9 Å². The van der Waals surface area contributed by atoms with Crippen molar-refractivity contribution in [3.8, 4) is 16.3 Å². The number of nitrogens with zero attached hydrogens (tertiary/aromatic N) is 2. The number of hydrogen-bond acceptors (Lipinski definition) is 5. The maximum atomic E-state index is 12.1. The highest BCUT2D eigenvalue weighted by atomic mass is 32.1. The molecule has 2 aromatic heterocycles. The molecule has 0 atom stereocenters. The van der Waals surface area contributed by atoms with Crippen LogP contribution in [-0.2, 0) is 0 Å². The Morgan fingerprint density at radius 1 is 1.38 bits per heavy atom. The van der Waals surface area contributed by atoms with E-state index < -0.39 is 0 Å². The van der Waals surface area contributed by atoms with Crippen LogP contribution in [0.15, 0.2) is 52.9 Å². The van der Waals surface area contributed by atoms with Crippen LogP contribution in [0.3, 0.4) is 0 Å². The summed E-state index contributed by atoms with van der Waals surface area (Å²) in [6.07, 6.45) is 1.55. The molecule has 0 saturated carbocycles. The van der Waals surface area contributed by atoms with Gasteiger partial charge in [-0.15, -0.1) is 11.3 Å². The maximum Gasteiger partial charge on any atom is 0.291 e. The number of aromatic nitrogens is 2. The Morgan fingerprint density at radius 2 is 2.25 bits per heavy atom. The molecule has 0 unspecified atom stereocenters. The highest BCUT2D eigenvalue weighted by Crippen LogP contribution is 2.22. The highest BCUT2D eigenvalue weighted by molar-refractivity contribution is 7.13. The Labute approximate surface area is 143 Å². The van der Waals surface area contributed by atoms with Gasteiger partial charge in [0.2, 0.25) is 0 Å². The molecule has 2 heterocycles. The monoisotopic (exact) mass is 340 g/mol. The van der Waals surface area contributed by atoms with E-state index in [0.29, 0.717) is 6.61 Å². The highest BCUT2D eigenvalue weighted by Gasteiger charge is 2.11. The molecule has 0 aliphatic carbocycles. The lowest BCUT2D eigenvalue weighted by Crippen LogP contribution is -2.18. The molecule has 7 heteroatoms. The molecule has 0 fully saturated rings. The van der Waals surface area contributed by atoms with Crippen LogP contribution in [0.1, 0.15) is 23.0 Å². The first kappa shape index (κ1) is 15.9. The summed E-state index contributed by atoms with van der Waals surface area (Å²) in [5.41, 5.74) is 4.36. The molecule has 0 spiro atoms. The average molecular weight is 340 g/mol. The normalized spacial score (nSPS) is 10.9. The van der Waals surface area contributed by atoms with E-state index >= 15 is 0 Å². The van der Waals surface area contributed by atoms with E-state index in [0.717, 1.165) is 21.9 Å². The van der Waals surface area contributed by atoms with Crippen LogP contribution in [0.5, 0.6) is 5.75 Å². The first-order valence-corrected chi connectivity index (χ1v) is 8.30. The largest absolute Gasteiger partial charge is 0.493 e. The van der Waals surface area contributed by atoms with Gasteiger partial charge < -0.3 is 4.74 Å². The number of amides is 1. The fourth-order valence-electron chi connectivity index (χ4n) is 2.09. The smallest absolute Gasteiger partial charge is 0.291 e. The van der Waals surface area contributed by atoms with E-state index in [1.165, 1.54) is 0 Å². The van der Waals surface area contributed by atoms with Gasteiger partial charge in [0, 0.05) is 5.56 Å². The quantitative estimate of drug-likeness (QED) is 0.534. The SMILES string of the molecule is CCOc1ccccc1/C=N\NC(=O)c1cc(-c2cccs2)[nH]n1. The fourth-order valence-corrected chi connectivity index (χ4v) is 2.78. The van der Waals surface area contributed by atoms with Crippen molar-refractivity contribution in [1.82, 2.24) is 15.6 Å². The van der Waals surface area contributed by atoms with Crippen LogP contribution in [0.25, 0.3) is 10.6 Å². The third kappa shape index (κ3) is 3.69. The van der Waals surface area contributed by atoms with Crippen molar-refractivity contribution in [2.75, 3.05) is 6.61 Å². The third-order valence-corrected chi connectivity index (χ3v) is 4.09. The summed E-state index contributed by atoms with van der Waals surface area (Å²) in [5, 5.41) is 12.8. The Kier molecular flexibility index (Phi) is 5.02. The molecule has 2 N–H and O–H groups in total. The molecule has 1 amide bonds. The second-order valence-corrected chi connectivity index (χ2v) is 5.76. The maximum absolute atomic E-state index is 12.1. The Morgan fingerprint density at radius 3 is 3.04 bits per heavy atom. The number of rotatable bonds is 6. The van der Waals surface area contributed by atoms with E-state index in [4.69, 9.17) is 4.74 Å². The number of carbonyl (C=O) groups excluding carboxylic acids is 1. The topological polar surface area (TPSA) is 79.4 Å². The molecule has 0 bridgehead atoms. The van der Waals surface area contributed by atoms with Crippen molar-refractivity contribution in [2.45, 2.75) is 6.92 Å². The van der Waals surface area contributed by atoms with Crippen molar-refractivity contribution >= 4 is 23.5 Å². The summed E-state index contributed by atoms with van der Waals surface area (Å²) in [6.45, 7) is 2.48. The van der Waals surface area contributed by atoms with Gasteiger partial charge in [-0.25, -0.2) is 5.43 Å². The first-order valence-electron chi connectivity index (χ1n) is 7.42. The van der Waals surface area contributed by atoms with E-state index in [1.807, 2.05) is 48.7 Å². The van der Waals surface area contributed by atoms with Crippen molar-refractivity contribution in [1.29, 1.82) is 0 Å². The molecule has 3 rings (SSSR count). The average Bonchev–Trinajstić information content (AvgIpc) is 3.28. The summed E-state index contributed by atoms with van der Waals surface area (Å²) >= 11 is 1.58. The number of thiophene rings is 1. The number of carbonyl (C=O) groups is 1. The molecule has 24 heavy (non-hydrogen) atoms. The molecule has 122 valence electrons. The minimum absolute atomic E-state index is 0.286. The first-order chi connectivity index (χ1) is 11.8. The van der Waals surface area contributed by atoms with Crippen molar-refractivity contribution in [3.63, 3.8) is 0 Å². The number of hydrogen-bond donors (Lipinski definition) is 2. The van der Waals surface area contributed by atoms with E-state index in [9.17, 15) is 4.79 Å². The summed E-state index contributed by atoms with van der Waals surface area (Å²) in [5.74, 6) is 0.344. The van der Waals surface area contributed by atoms with Crippen LogP contribution in [0.2, 0.25) is 0 Å². The van der Waals surface area contributed by atoms with Gasteiger partial charge in [-0.3, -0.25) is 9.89 Å². The molecular weight excluding hydrogens is 324 g/mol.